The van der Waals surface area contributed by atoms with E-state index in [-0.39, 0.29) is 0 Å². The van der Waals surface area contributed by atoms with Crippen molar-refractivity contribution in [2.24, 2.45) is 0 Å². The van der Waals surface area contributed by atoms with Crippen molar-refractivity contribution in [3.8, 4) is 0 Å². The van der Waals surface area contributed by atoms with Crippen molar-refractivity contribution in [3.05, 3.63) is 28.0 Å². The SMILES string of the molecule is CNCCC1CCCCN1Cc1nc(Cl)ccc1Cl. The van der Waals surface area contributed by atoms with E-state index in [1.54, 1.807) is 6.07 Å². The predicted molar refractivity (Wildman–Crippen MR) is 80.8 cm³/mol. The van der Waals surface area contributed by atoms with Crippen LogP contribution in [0.5, 0.6) is 0 Å². The fourth-order valence-corrected chi connectivity index (χ4v) is 3.00. The molecule has 0 bridgehead atoms. The molecule has 1 saturated heterocycles. The molecule has 0 aromatic carbocycles. The lowest BCUT2D eigenvalue weighted by molar-refractivity contribution is 0.131. The maximum atomic E-state index is 6.21. The summed E-state index contributed by atoms with van der Waals surface area (Å²) >= 11 is 12.2. The molecule has 5 heteroatoms. The van der Waals surface area contributed by atoms with Crippen molar-refractivity contribution in [1.29, 1.82) is 0 Å². The highest BCUT2D eigenvalue weighted by Gasteiger charge is 2.23. The van der Waals surface area contributed by atoms with Crippen LogP contribution in [0.4, 0.5) is 0 Å². The summed E-state index contributed by atoms with van der Waals surface area (Å²) in [5.74, 6) is 0. The van der Waals surface area contributed by atoms with E-state index in [4.69, 9.17) is 23.2 Å². The summed E-state index contributed by atoms with van der Waals surface area (Å²) < 4.78 is 0. The van der Waals surface area contributed by atoms with Crippen LogP contribution in [0.3, 0.4) is 0 Å². The summed E-state index contributed by atoms with van der Waals surface area (Å²) in [6.45, 7) is 2.98. The van der Waals surface area contributed by atoms with Crippen LogP contribution in [-0.2, 0) is 6.54 Å². The van der Waals surface area contributed by atoms with Crippen molar-refractivity contribution in [2.45, 2.75) is 38.3 Å². The van der Waals surface area contributed by atoms with E-state index in [2.05, 4.69) is 15.2 Å². The van der Waals surface area contributed by atoms with E-state index in [9.17, 15) is 0 Å². The minimum absolute atomic E-state index is 0.517. The van der Waals surface area contributed by atoms with Crippen LogP contribution in [0.1, 0.15) is 31.4 Å². The number of hydrogen-bond donors (Lipinski definition) is 1. The molecule has 1 aliphatic rings. The average Bonchev–Trinajstić information content (AvgIpc) is 2.42. The minimum Gasteiger partial charge on any atom is -0.320 e. The van der Waals surface area contributed by atoms with Gasteiger partial charge in [0.1, 0.15) is 5.15 Å². The Morgan fingerprint density at radius 1 is 1.37 bits per heavy atom. The van der Waals surface area contributed by atoms with Crippen molar-refractivity contribution in [2.75, 3.05) is 20.1 Å². The molecule has 3 nitrogen and oxygen atoms in total. The summed E-state index contributed by atoms with van der Waals surface area (Å²) in [4.78, 5) is 6.85. The molecule has 1 aliphatic heterocycles. The Morgan fingerprint density at radius 3 is 3.00 bits per heavy atom. The topological polar surface area (TPSA) is 28.2 Å². The fourth-order valence-electron chi connectivity index (χ4n) is 2.67. The largest absolute Gasteiger partial charge is 0.320 e. The third-order valence-corrected chi connectivity index (χ3v) is 4.27. The maximum absolute atomic E-state index is 6.21. The first-order chi connectivity index (χ1) is 9.20. The lowest BCUT2D eigenvalue weighted by atomic mass is 9.99. The van der Waals surface area contributed by atoms with Crippen molar-refractivity contribution < 1.29 is 0 Å². The van der Waals surface area contributed by atoms with Gasteiger partial charge in [-0.3, -0.25) is 4.90 Å². The number of nitrogens with zero attached hydrogens (tertiary/aromatic N) is 2. The van der Waals surface area contributed by atoms with Crippen LogP contribution >= 0.6 is 23.2 Å². The van der Waals surface area contributed by atoms with Crippen molar-refractivity contribution in [3.63, 3.8) is 0 Å². The molecule has 0 spiro atoms. The van der Waals surface area contributed by atoms with Gasteiger partial charge in [0.05, 0.1) is 10.7 Å². The first-order valence-electron chi connectivity index (χ1n) is 6.90. The Morgan fingerprint density at radius 2 is 2.21 bits per heavy atom. The molecule has 1 aromatic heterocycles. The molecule has 0 radical (unpaired) electrons. The van der Waals surface area contributed by atoms with Crippen molar-refractivity contribution >= 4 is 23.2 Å². The van der Waals surface area contributed by atoms with Gasteiger partial charge in [0.15, 0.2) is 0 Å². The zero-order valence-electron chi connectivity index (χ0n) is 11.3. The Kier molecular flexibility index (Phi) is 5.89. The number of likely N-dealkylation sites (tertiary alicyclic amines) is 1. The van der Waals surface area contributed by atoms with Gasteiger partial charge in [0.2, 0.25) is 0 Å². The molecule has 0 amide bonds. The van der Waals surface area contributed by atoms with Crippen LogP contribution in [0, 0.1) is 0 Å². The molecule has 0 aliphatic carbocycles. The van der Waals surface area contributed by atoms with Crippen LogP contribution in [-0.4, -0.2) is 36.1 Å². The maximum Gasteiger partial charge on any atom is 0.129 e. The minimum atomic E-state index is 0.517. The van der Waals surface area contributed by atoms with Gasteiger partial charge >= 0.3 is 0 Å². The highest BCUT2D eigenvalue weighted by molar-refractivity contribution is 6.32. The molecular formula is C14H21Cl2N3. The monoisotopic (exact) mass is 301 g/mol. The number of halogens is 2. The van der Waals surface area contributed by atoms with Gasteiger partial charge in [-0.2, -0.15) is 0 Å². The fraction of sp³-hybridized carbons (Fsp3) is 0.643. The highest BCUT2D eigenvalue weighted by Crippen LogP contribution is 2.24. The summed E-state index contributed by atoms with van der Waals surface area (Å²) in [5, 5.41) is 4.46. The van der Waals surface area contributed by atoms with Crippen molar-refractivity contribution in [1.82, 2.24) is 15.2 Å². The first-order valence-corrected chi connectivity index (χ1v) is 7.66. The standard InChI is InChI=1S/C14H21Cl2N3/c1-17-8-7-11-4-2-3-9-19(11)10-13-12(15)5-6-14(16)18-13/h5-6,11,17H,2-4,7-10H2,1H3. The number of piperidine rings is 1. The summed E-state index contributed by atoms with van der Waals surface area (Å²) in [7, 11) is 2.00. The van der Waals surface area contributed by atoms with Crippen LogP contribution < -0.4 is 5.32 Å². The van der Waals surface area contributed by atoms with Crippen LogP contribution in [0.25, 0.3) is 0 Å². The zero-order chi connectivity index (χ0) is 13.7. The number of aromatic nitrogens is 1. The molecule has 1 unspecified atom stereocenters. The van der Waals surface area contributed by atoms with Crippen LogP contribution in [0.15, 0.2) is 12.1 Å². The van der Waals surface area contributed by atoms with Crippen LogP contribution in [0.2, 0.25) is 10.2 Å². The molecule has 19 heavy (non-hydrogen) atoms. The van der Waals surface area contributed by atoms with Gasteiger partial charge in [-0.1, -0.05) is 29.6 Å². The molecule has 106 valence electrons. The van der Waals surface area contributed by atoms with Gasteiger partial charge in [-0.25, -0.2) is 4.98 Å². The molecule has 0 saturated carbocycles. The summed E-state index contributed by atoms with van der Waals surface area (Å²) in [5.41, 5.74) is 0.894. The molecule has 2 rings (SSSR count). The normalized spacial score (nSPS) is 20.7. The highest BCUT2D eigenvalue weighted by atomic mass is 35.5. The van der Waals surface area contributed by atoms with Gasteiger partial charge < -0.3 is 5.32 Å². The molecule has 1 N–H and O–H groups in total. The smallest absolute Gasteiger partial charge is 0.129 e. The van der Waals surface area contributed by atoms with Gasteiger partial charge in [0, 0.05) is 12.6 Å². The second kappa shape index (κ2) is 7.44. The number of rotatable bonds is 5. The number of pyridine rings is 1. The second-order valence-corrected chi connectivity index (χ2v) is 5.87. The Labute approximate surface area is 125 Å². The lowest BCUT2D eigenvalue weighted by Gasteiger charge is -2.35. The van der Waals surface area contributed by atoms with E-state index in [1.807, 2.05) is 13.1 Å². The van der Waals surface area contributed by atoms with Gasteiger partial charge in [-0.15, -0.1) is 0 Å². The van der Waals surface area contributed by atoms with Gasteiger partial charge in [-0.05, 0) is 51.5 Å². The second-order valence-electron chi connectivity index (χ2n) is 5.07. The third-order valence-electron chi connectivity index (χ3n) is 3.71. The molecular weight excluding hydrogens is 281 g/mol. The summed E-state index contributed by atoms with van der Waals surface area (Å²) in [6, 6.07) is 4.19. The number of hydrogen-bond acceptors (Lipinski definition) is 3. The Hall–Kier alpha value is -0.350. The molecule has 1 aromatic rings. The van der Waals surface area contributed by atoms with E-state index >= 15 is 0 Å². The predicted octanol–water partition coefficient (Wildman–Crippen LogP) is 3.35. The lowest BCUT2D eigenvalue weighted by Crippen LogP contribution is -2.40. The Balaban J connectivity index is 2.04. The quantitative estimate of drug-likeness (QED) is 0.845. The summed E-state index contributed by atoms with van der Waals surface area (Å²) in [6.07, 6.45) is 5.02. The zero-order valence-corrected chi connectivity index (χ0v) is 12.8. The molecule has 1 fully saturated rings. The van der Waals surface area contributed by atoms with Gasteiger partial charge in [0.25, 0.3) is 0 Å². The third kappa shape index (κ3) is 4.32. The average molecular weight is 302 g/mol. The first kappa shape index (κ1) is 15.0. The van der Waals surface area contributed by atoms with E-state index in [0.717, 1.165) is 25.3 Å². The Bertz CT molecular complexity index is 412. The molecule has 2 heterocycles. The van der Waals surface area contributed by atoms with E-state index in [0.29, 0.717) is 16.2 Å². The molecule has 1 atom stereocenters. The van der Waals surface area contributed by atoms with E-state index in [1.165, 1.54) is 25.7 Å². The number of nitrogens with one attached hydrogen (secondary N) is 1. The van der Waals surface area contributed by atoms with E-state index < -0.39 is 0 Å².